The van der Waals surface area contributed by atoms with Gasteiger partial charge in [-0.3, -0.25) is 4.79 Å². The van der Waals surface area contributed by atoms with Crippen molar-refractivity contribution in [1.82, 2.24) is 15.6 Å². The molecule has 0 aromatic carbocycles. The highest BCUT2D eigenvalue weighted by atomic mass is 35.5. The van der Waals surface area contributed by atoms with Crippen LogP contribution in [0.1, 0.15) is 16.9 Å². The van der Waals surface area contributed by atoms with Crippen LogP contribution < -0.4 is 10.6 Å². The van der Waals surface area contributed by atoms with Crippen LogP contribution in [0, 0.1) is 0 Å². The summed E-state index contributed by atoms with van der Waals surface area (Å²) >= 11 is 5.68. The van der Waals surface area contributed by atoms with Gasteiger partial charge in [0, 0.05) is 18.8 Å². The van der Waals surface area contributed by atoms with Crippen molar-refractivity contribution in [2.75, 3.05) is 13.1 Å². The standard InChI is InChI=1S/C10H12ClN3O.2ClH/c11-7-1-2-9(13-5-7)10(15)14-8-3-4-12-6-8;;/h1-2,5,8,12H,3-4,6H2,(H,14,15);2*1H. The summed E-state index contributed by atoms with van der Waals surface area (Å²) in [5.74, 6) is -0.139. The van der Waals surface area contributed by atoms with Crippen molar-refractivity contribution in [3.05, 3.63) is 29.0 Å². The summed E-state index contributed by atoms with van der Waals surface area (Å²) in [4.78, 5) is 15.6. The first kappa shape index (κ1) is 16.4. The summed E-state index contributed by atoms with van der Waals surface area (Å²) in [7, 11) is 0. The summed E-state index contributed by atoms with van der Waals surface area (Å²) in [5, 5.41) is 6.63. The minimum Gasteiger partial charge on any atom is -0.347 e. The van der Waals surface area contributed by atoms with Gasteiger partial charge in [-0.1, -0.05) is 11.6 Å². The molecule has 1 unspecified atom stereocenters. The SMILES string of the molecule is Cl.Cl.O=C(NC1CCNC1)c1ccc(Cl)cn1. The lowest BCUT2D eigenvalue weighted by Gasteiger charge is -2.10. The number of carbonyl (C=O) groups excluding carboxylic acids is 1. The van der Waals surface area contributed by atoms with Gasteiger partial charge in [0.05, 0.1) is 5.02 Å². The van der Waals surface area contributed by atoms with E-state index in [1.54, 1.807) is 12.1 Å². The highest BCUT2D eigenvalue weighted by Gasteiger charge is 2.17. The van der Waals surface area contributed by atoms with E-state index < -0.39 is 0 Å². The van der Waals surface area contributed by atoms with E-state index in [0.29, 0.717) is 10.7 Å². The maximum absolute atomic E-state index is 11.7. The van der Waals surface area contributed by atoms with Gasteiger partial charge in [0.1, 0.15) is 5.69 Å². The molecular weight excluding hydrogens is 284 g/mol. The number of halogens is 3. The second-order valence-corrected chi connectivity index (χ2v) is 3.96. The van der Waals surface area contributed by atoms with Crippen LogP contribution in [0.15, 0.2) is 18.3 Å². The maximum atomic E-state index is 11.7. The molecular formula is C10H14Cl3N3O. The molecule has 0 spiro atoms. The Morgan fingerprint density at radius 1 is 1.47 bits per heavy atom. The van der Waals surface area contributed by atoms with E-state index in [4.69, 9.17) is 11.6 Å². The van der Waals surface area contributed by atoms with E-state index in [-0.39, 0.29) is 36.8 Å². The molecule has 17 heavy (non-hydrogen) atoms. The molecule has 1 aliphatic heterocycles. The Balaban J connectivity index is 0.00000128. The molecule has 0 aliphatic carbocycles. The van der Waals surface area contributed by atoms with Crippen LogP contribution in [0.5, 0.6) is 0 Å². The second-order valence-electron chi connectivity index (χ2n) is 3.52. The number of nitrogens with zero attached hydrogens (tertiary/aromatic N) is 1. The van der Waals surface area contributed by atoms with Gasteiger partial charge >= 0.3 is 0 Å². The average molecular weight is 299 g/mol. The van der Waals surface area contributed by atoms with Gasteiger partial charge < -0.3 is 10.6 Å². The first-order chi connectivity index (χ1) is 7.25. The van der Waals surface area contributed by atoms with Crippen molar-refractivity contribution >= 4 is 42.3 Å². The first-order valence-electron chi connectivity index (χ1n) is 4.89. The number of hydrogen-bond donors (Lipinski definition) is 2. The van der Waals surface area contributed by atoms with E-state index in [1.807, 2.05) is 0 Å². The van der Waals surface area contributed by atoms with Gasteiger partial charge in [-0.2, -0.15) is 0 Å². The molecule has 2 N–H and O–H groups in total. The van der Waals surface area contributed by atoms with E-state index in [2.05, 4.69) is 15.6 Å². The van der Waals surface area contributed by atoms with Crippen molar-refractivity contribution in [2.45, 2.75) is 12.5 Å². The molecule has 1 aliphatic rings. The number of hydrogen-bond acceptors (Lipinski definition) is 3. The maximum Gasteiger partial charge on any atom is 0.270 e. The van der Waals surface area contributed by atoms with Crippen molar-refractivity contribution in [1.29, 1.82) is 0 Å². The molecule has 2 rings (SSSR count). The Hall–Kier alpha value is -0.550. The van der Waals surface area contributed by atoms with Crippen LogP contribution in [0.3, 0.4) is 0 Å². The summed E-state index contributed by atoms with van der Waals surface area (Å²) in [6, 6.07) is 3.51. The Morgan fingerprint density at radius 3 is 2.76 bits per heavy atom. The Kier molecular flexibility index (Phi) is 7.46. The lowest BCUT2D eigenvalue weighted by atomic mass is 10.2. The van der Waals surface area contributed by atoms with Crippen LogP contribution in [0.4, 0.5) is 0 Å². The number of rotatable bonds is 2. The lowest BCUT2D eigenvalue weighted by molar-refractivity contribution is 0.0935. The van der Waals surface area contributed by atoms with Crippen LogP contribution in [0.2, 0.25) is 5.02 Å². The van der Waals surface area contributed by atoms with Gasteiger partial charge in [-0.25, -0.2) is 4.98 Å². The quantitative estimate of drug-likeness (QED) is 0.873. The molecule has 7 heteroatoms. The molecule has 1 atom stereocenters. The predicted molar refractivity (Wildman–Crippen MR) is 72.5 cm³/mol. The van der Waals surface area contributed by atoms with Crippen molar-refractivity contribution in [3.8, 4) is 0 Å². The molecule has 1 aromatic rings. The van der Waals surface area contributed by atoms with Crippen LogP contribution >= 0.6 is 36.4 Å². The van der Waals surface area contributed by atoms with Gasteiger partial charge in [0.15, 0.2) is 0 Å². The fraction of sp³-hybridized carbons (Fsp3) is 0.400. The topological polar surface area (TPSA) is 54.0 Å². The van der Waals surface area contributed by atoms with Crippen molar-refractivity contribution < 1.29 is 4.79 Å². The van der Waals surface area contributed by atoms with Crippen LogP contribution in [-0.2, 0) is 0 Å². The summed E-state index contributed by atoms with van der Waals surface area (Å²) < 4.78 is 0. The zero-order valence-corrected chi connectivity index (χ0v) is 11.4. The minimum absolute atomic E-state index is 0. The third-order valence-electron chi connectivity index (χ3n) is 2.36. The first-order valence-corrected chi connectivity index (χ1v) is 5.26. The normalized spacial score (nSPS) is 17.8. The minimum atomic E-state index is -0.139. The third-order valence-corrected chi connectivity index (χ3v) is 2.58. The molecule has 96 valence electrons. The Labute approximate surface area is 117 Å². The van der Waals surface area contributed by atoms with Gasteiger partial charge in [-0.15, -0.1) is 24.8 Å². The lowest BCUT2D eigenvalue weighted by Crippen LogP contribution is -2.36. The number of aromatic nitrogens is 1. The smallest absolute Gasteiger partial charge is 0.270 e. The third kappa shape index (κ3) is 4.68. The molecule has 1 aromatic heterocycles. The van der Waals surface area contributed by atoms with E-state index in [1.165, 1.54) is 6.20 Å². The highest BCUT2D eigenvalue weighted by Crippen LogP contribution is 2.06. The monoisotopic (exact) mass is 297 g/mol. The molecule has 2 heterocycles. The molecule has 1 amide bonds. The molecule has 4 nitrogen and oxygen atoms in total. The zero-order chi connectivity index (χ0) is 10.7. The average Bonchev–Trinajstić information content (AvgIpc) is 2.71. The number of nitrogens with one attached hydrogen (secondary N) is 2. The Morgan fingerprint density at radius 2 is 2.24 bits per heavy atom. The molecule has 0 saturated carbocycles. The Bertz CT molecular complexity index is 352. The van der Waals surface area contributed by atoms with Gasteiger partial charge in [0.2, 0.25) is 0 Å². The summed E-state index contributed by atoms with van der Waals surface area (Å²) in [5.41, 5.74) is 0.409. The second kappa shape index (κ2) is 7.71. The molecule has 1 fully saturated rings. The summed E-state index contributed by atoms with van der Waals surface area (Å²) in [6.45, 7) is 1.79. The van der Waals surface area contributed by atoms with Crippen molar-refractivity contribution in [3.63, 3.8) is 0 Å². The van der Waals surface area contributed by atoms with E-state index in [0.717, 1.165) is 19.5 Å². The molecule has 1 saturated heterocycles. The fourth-order valence-corrected chi connectivity index (χ4v) is 1.66. The van der Waals surface area contributed by atoms with Crippen molar-refractivity contribution in [2.24, 2.45) is 0 Å². The predicted octanol–water partition coefficient (Wildman–Crippen LogP) is 1.67. The van der Waals surface area contributed by atoms with E-state index >= 15 is 0 Å². The zero-order valence-electron chi connectivity index (χ0n) is 8.98. The largest absolute Gasteiger partial charge is 0.347 e. The highest BCUT2D eigenvalue weighted by molar-refractivity contribution is 6.30. The number of amides is 1. The molecule has 0 bridgehead atoms. The van der Waals surface area contributed by atoms with Gasteiger partial charge in [-0.05, 0) is 25.1 Å². The van der Waals surface area contributed by atoms with E-state index in [9.17, 15) is 4.79 Å². The summed E-state index contributed by atoms with van der Waals surface area (Å²) in [6.07, 6.45) is 2.45. The van der Waals surface area contributed by atoms with Gasteiger partial charge in [0.25, 0.3) is 5.91 Å². The molecule has 0 radical (unpaired) electrons. The number of pyridine rings is 1. The van der Waals surface area contributed by atoms with Crippen LogP contribution in [0.25, 0.3) is 0 Å². The number of carbonyl (C=O) groups is 1. The fourth-order valence-electron chi connectivity index (χ4n) is 1.55. The van der Waals surface area contributed by atoms with Crippen LogP contribution in [-0.4, -0.2) is 30.0 Å².